The van der Waals surface area contributed by atoms with Crippen molar-refractivity contribution in [3.63, 3.8) is 0 Å². The van der Waals surface area contributed by atoms with Crippen LogP contribution < -0.4 is 0 Å². The van der Waals surface area contributed by atoms with Gasteiger partial charge in [-0.05, 0) is 43.9 Å². The summed E-state index contributed by atoms with van der Waals surface area (Å²) in [6.45, 7) is 5.70. The van der Waals surface area contributed by atoms with Gasteiger partial charge in [0.2, 0.25) is 17.7 Å². The molecule has 11 heteroatoms. The molecule has 10 nitrogen and oxygen atoms in total. The van der Waals surface area contributed by atoms with E-state index in [0.29, 0.717) is 22.0 Å². The number of nitrogens with zero attached hydrogens (tertiary/aromatic N) is 3. The highest BCUT2D eigenvalue weighted by Crippen LogP contribution is 2.60. The molecule has 4 aliphatic rings. The number of hydrogen-bond acceptors (Lipinski definition) is 7. The van der Waals surface area contributed by atoms with Gasteiger partial charge in [0.25, 0.3) is 0 Å². The van der Waals surface area contributed by atoms with Gasteiger partial charge in [-0.25, -0.2) is 0 Å². The first-order valence-electron chi connectivity index (χ1n) is 17.6. The summed E-state index contributed by atoms with van der Waals surface area (Å²) in [5.41, 5.74) is -0.127. The van der Waals surface area contributed by atoms with Crippen LogP contribution in [0.5, 0.6) is 0 Å². The molecule has 9 atom stereocenters. The van der Waals surface area contributed by atoms with E-state index < -0.39 is 66.3 Å². The van der Waals surface area contributed by atoms with E-state index in [1.54, 1.807) is 22.9 Å². The number of rotatable bonds is 7. The SMILES string of the molecule is CCCC(C)N1C/C=C\CCC(=O)N(C)[C@H](C)[C@@H](c2ccccc2)OC(=O)[C@@H]2[C@H]3O[C@@]4(C=C3Br)[C@H](C1=O)N([C@H](CO)c1ccccc1)C(=O)[C@@H]24. The Balaban J connectivity index is 1.51. The normalized spacial score (nSPS) is 32.1. The number of aliphatic hydroxyl groups is 1. The Labute approximate surface area is 302 Å². The van der Waals surface area contributed by atoms with Gasteiger partial charge in [-0.1, -0.05) is 102 Å². The van der Waals surface area contributed by atoms with E-state index in [2.05, 4.69) is 22.9 Å². The van der Waals surface area contributed by atoms with E-state index in [1.807, 2.05) is 86.7 Å². The number of halogens is 1. The molecule has 50 heavy (non-hydrogen) atoms. The van der Waals surface area contributed by atoms with Crippen LogP contribution in [0, 0.1) is 11.8 Å². The summed E-state index contributed by atoms with van der Waals surface area (Å²) in [5, 5.41) is 10.9. The Hall–Kier alpha value is -3.80. The number of amides is 3. The molecular weight excluding hydrogens is 702 g/mol. The molecule has 0 radical (unpaired) electrons. The van der Waals surface area contributed by atoms with Crippen LogP contribution in [0.1, 0.15) is 69.7 Å². The maximum absolute atomic E-state index is 15.1. The molecule has 5 bridgehead atoms. The summed E-state index contributed by atoms with van der Waals surface area (Å²) < 4.78 is 13.6. The third-order valence-corrected chi connectivity index (χ3v) is 11.6. The van der Waals surface area contributed by atoms with E-state index in [1.165, 1.54) is 4.90 Å². The Kier molecular flexibility index (Phi) is 10.7. The largest absolute Gasteiger partial charge is 0.455 e. The Bertz CT molecular complexity index is 1650. The van der Waals surface area contributed by atoms with Crippen molar-refractivity contribution in [2.24, 2.45) is 11.8 Å². The zero-order valence-corrected chi connectivity index (χ0v) is 30.6. The number of esters is 1. The summed E-state index contributed by atoms with van der Waals surface area (Å²) >= 11 is 3.63. The molecule has 266 valence electrons. The standard InChI is InChI=1S/C39H46BrN3O7/c1-5-15-24(2)42-21-14-8-13-20-30(45)41(4)25(3)33(27-18-11-7-12-19-27)49-38(48)31-32-36(46)43(29(23-44)26-16-9-6-10-17-26)35(37(42)47)39(32)22-28(40)34(31)50-39/h6-12,14,16-19,22,24-25,29,31-35,44H,5,13,15,20-21,23H2,1-4H3/b14-8-/t24?,25-,29-,31+,32-,33+,34+,35+,39-/m1/s1. The third-order valence-electron chi connectivity index (χ3n) is 10.9. The van der Waals surface area contributed by atoms with Crippen molar-refractivity contribution in [3.05, 3.63) is 94.5 Å². The first kappa shape index (κ1) is 36.0. The maximum Gasteiger partial charge on any atom is 0.313 e. The molecule has 4 aliphatic heterocycles. The van der Waals surface area contributed by atoms with Gasteiger partial charge in [0.1, 0.15) is 29.8 Å². The van der Waals surface area contributed by atoms with Crippen LogP contribution >= 0.6 is 15.9 Å². The lowest BCUT2D eigenvalue weighted by atomic mass is 9.74. The van der Waals surface area contributed by atoms with Crippen LogP contribution in [0.4, 0.5) is 0 Å². The minimum absolute atomic E-state index is 0.107. The second-order valence-corrected chi connectivity index (χ2v) is 14.7. The fraction of sp³-hybridized carbons (Fsp3) is 0.487. The summed E-state index contributed by atoms with van der Waals surface area (Å²) in [6, 6.07) is 15.6. The zero-order valence-electron chi connectivity index (χ0n) is 29.0. The molecule has 2 fully saturated rings. The molecule has 0 aliphatic carbocycles. The van der Waals surface area contributed by atoms with Gasteiger partial charge in [0.15, 0.2) is 0 Å². The minimum atomic E-state index is -1.49. The Morgan fingerprint density at radius 3 is 2.32 bits per heavy atom. The number of allylic oxidation sites excluding steroid dienone is 1. The van der Waals surface area contributed by atoms with Crippen LogP contribution in [-0.2, 0) is 28.7 Å². The summed E-state index contributed by atoms with van der Waals surface area (Å²) in [6.07, 6.45) is 6.14. The molecule has 2 aromatic carbocycles. The molecule has 3 amide bonds. The van der Waals surface area contributed by atoms with Crippen molar-refractivity contribution in [1.29, 1.82) is 0 Å². The van der Waals surface area contributed by atoms with Gasteiger partial charge in [-0.15, -0.1) is 0 Å². The topological polar surface area (TPSA) is 117 Å². The molecule has 4 heterocycles. The molecular formula is C39H46BrN3O7. The first-order valence-corrected chi connectivity index (χ1v) is 18.4. The summed E-state index contributed by atoms with van der Waals surface area (Å²) in [7, 11) is 1.71. The number of aliphatic hydroxyl groups excluding tert-OH is 1. The van der Waals surface area contributed by atoms with Gasteiger partial charge < -0.3 is 29.3 Å². The lowest BCUT2D eigenvalue weighted by Crippen LogP contribution is -2.58. The first-order chi connectivity index (χ1) is 24.0. The van der Waals surface area contributed by atoms with Gasteiger partial charge in [0, 0.05) is 30.5 Å². The number of benzene rings is 2. The number of cyclic esters (lactones) is 1. The predicted molar refractivity (Wildman–Crippen MR) is 190 cm³/mol. The van der Waals surface area contributed by atoms with Gasteiger partial charge >= 0.3 is 5.97 Å². The number of carbonyl (C=O) groups is 4. The zero-order chi connectivity index (χ0) is 35.7. The smallest absolute Gasteiger partial charge is 0.313 e. The van der Waals surface area contributed by atoms with Gasteiger partial charge in [0.05, 0.1) is 24.6 Å². The predicted octanol–water partition coefficient (Wildman–Crippen LogP) is 5.09. The van der Waals surface area contributed by atoms with Crippen molar-refractivity contribution in [2.45, 2.75) is 88.4 Å². The third kappa shape index (κ3) is 6.22. The highest BCUT2D eigenvalue weighted by Gasteiger charge is 2.75. The van der Waals surface area contributed by atoms with Crippen molar-refractivity contribution >= 4 is 39.6 Å². The van der Waals surface area contributed by atoms with E-state index >= 15 is 4.79 Å². The molecule has 0 saturated carbocycles. The fourth-order valence-corrected chi connectivity index (χ4v) is 8.94. The number of ether oxygens (including phenoxy) is 2. The number of likely N-dealkylation sites (N-methyl/N-ethyl adjacent to an activating group) is 1. The van der Waals surface area contributed by atoms with Crippen molar-refractivity contribution in [2.75, 3.05) is 20.2 Å². The molecule has 2 saturated heterocycles. The Morgan fingerprint density at radius 1 is 0.980 bits per heavy atom. The number of likely N-dealkylation sites (tertiary alicyclic amines) is 1. The van der Waals surface area contributed by atoms with Crippen LogP contribution in [0.15, 0.2) is 83.4 Å². The summed E-state index contributed by atoms with van der Waals surface area (Å²) in [5.74, 6) is -3.73. The second kappa shape index (κ2) is 14.8. The van der Waals surface area contributed by atoms with Gasteiger partial charge in [-0.3, -0.25) is 19.2 Å². The van der Waals surface area contributed by atoms with Gasteiger partial charge in [-0.2, -0.15) is 0 Å². The number of carbonyl (C=O) groups excluding carboxylic acids is 4. The number of fused-ring (bicyclic) bond motifs is 2. The quantitative estimate of drug-likeness (QED) is 0.310. The second-order valence-electron chi connectivity index (χ2n) is 13.8. The minimum Gasteiger partial charge on any atom is -0.455 e. The summed E-state index contributed by atoms with van der Waals surface area (Å²) in [4.78, 5) is 62.9. The molecule has 6 rings (SSSR count). The Morgan fingerprint density at radius 2 is 1.66 bits per heavy atom. The van der Waals surface area contributed by atoms with E-state index in [9.17, 15) is 19.5 Å². The van der Waals surface area contributed by atoms with E-state index in [-0.39, 0.29) is 30.8 Å². The van der Waals surface area contributed by atoms with Crippen molar-refractivity contribution in [3.8, 4) is 0 Å². The van der Waals surface area contributed by atoms with E-state index in [4.69, 9.17) is 9.47 Å². The van der Waals surface area contributed by atoms with Crippen LogP contribution in [0.3, 0.4) is 0 Å². The van der Waals surface area contributed by atoms with Crippen LogP contribution in [-0.4, -0.2) is 93.5 Å². The van der Waals surface area contributed by atoms with Crippen molar-refractivity contribution in [1.82, 2.24) is 14.7 Å². The lowest BCUT2D eigenvalue weighted by Gasteiger charge is -2.40. The molecule has 1 unspecified atom stereocenters. The van der Waals surface area contributed by atoms with Crippen molar-refractivity contribution < 1.29 is 33.8 Å². The molecule has 1 spiro atoms. The highest BCUT2D eigenvalue weighted by molar-refractivity contribution is 9.11. The van der Waals surface area contributed by atoms with Crippen LogP contribution in [0.25, 0.3) is 0 Å². The fourth-order valence-electron chi connectivity index (χ4n) is 8.20. The molecule has 1 N–H and O–H groups in total. The number of hydrogen-bond donors (Lipinski definition) is 1. The average Bonchev–Trinajstić information content (AvgIpc) is 3.72. The lowest BCUT2D eigenvalue weighted by molar-refractivity contribution is -0.164. The molecule has 2 aromatic rings. The highest BCUT2D eigenvalue weighted by atomic mass is 79.9. The monoisotopic (exact) mass is 747 g/mol. The van der Waals surface area contributed by atoms with Crippen LogP contribution in [0.2, 0.25) is 0 Å². The van der Waals surface area contributed by atoms with E-state index in [0.717, 1.165) is 12.8 Å². The average molecular weight is 749 g/mol. The maximum atomic E-state index is 15.1. The molecule has 0 aromatic heterocycles.